The third kappa shape index (κ3) is 2.69. The lowest BCUT2D eigenvalue weighted by Gasteiger charge is -2.11. The standard InChI is InChI=1S/C11H7BrF3NO/c1-6-5-8(12)7-3-2-4-9(10(7)16-6)17-11(13,14)15/h2-5H,1H3. The Morgan fingerprint density at radius 1 is 1.29 bits per heavy atom. The van der Waals surface area contributed by atoms with Crippen LogP contribution in [0.5, 0.6) is 5.75 Å². The van der Waals surface area contributed by atoms with E-state index in [4.69, 9.17) is 0 Å². The minimum atomic E-state index is -4.72. The van der Waals surface area contributed by atoms with Crippen LogP contribution >= 0.6 is 15.9 Å². The summed E-state index contributed by atoms with van der Waals surface area (Å²) in [6.45, 7) is 1.70. The normalized spacial score (nSPS) is 11.8. The van der Waals surface area contributed by atoms with Crippen molar-refractivity contribution in [2.45, 2.75) is 13.3 Å². The zero-order valence-corrected chi connectivity index (χ0v) is 10.3. The Hall–Kier alpha value is -1.30. The maximum absolute atomic E-state index is 12.2. The van der Waals surface area contributed by atoms with Crippen molar-refractivity contribution in [3.8, 4) is 5.75 Å². The number of nitrogens with zero attached hydrogens (tertiary/aromatic N) is 1. The fourth-order valence-electron chi connectivity index (χ4n) is 1.51. The van der Waals surface area contributed by atoms with Crippen LogP contribution in [0.2, 0.25) is 0 Å². The molecule has 0 radical (unpaired) electrons. The van der Waals surface area contributed by atoms with E-state index in [-0.39, 0.29) is 11.3 Å². The number of aromatic nitrogens is 1. The number of fused-ring (bicyclic) bond motifs is 1. The number of hydrogen-bond donors (Lipinski definition) is 0. The van der Waals surface area contributed by atoms with Crippen LogP contribution in [0.3, 0.4) is 0 Å². The van der Waals surface area contributed by atoms with E-state index in [1.165, 1.54) is 12.1 Å². The molecule has 17 heavy (non-hydrogen) atoms. The van der Waals surface area contributed by atoms with Crippen LogP contribution < -0.4 is 4.74 Å². The number of halogens is 4. The number of pyridine rings is 1. The molecular formula is C11H7BrF3NO. The minimum absolute atomic E-state index is 0.191. The molecule has 0 aliphatic carbocycles. The smallest absolute Gasteiger partial charge is 0.403 e. The van der Waals surface area contributed by atoms with E-state index >= 15 is 0 Å². The van der Waals surface area contributed by atoms with E-state index in [2.05, 4.69) is 25.7 Å². The summed E-state index contributed by atoms with van der Waals surface area (Å²) in [5.41, 5.74) is 0.805. The lowest BCUT2D eigenvalue weighted by molar-refractivity contribution is -0.274. The number of benzene rings is 1. The van der Waals surface area contributed by atoms with Crippen molar-refractivity contribution < 1.29 is 17.9 Å². The van der Waals surface area contributed by atoms with E-state index in [9.17, 15) is 13.2 Å². The maximum Gasteiger partial charge on any atom is 0.573 e. The summed E-state index contributed by atoms with van der Waals surface area (Å²) in [4.78, 5) is 4.07. The van der Waals surface area contributed by atoms with E-state index in [0.717, 1.165) is 0 Å². The molecule has 1 heterocycles. The summed E-state index contributed by atoms with van der Waals surface area (Å²) in [7, 11) is 0. The van der Waals surface area contributed by atoms with Crippen molar-refractivity contribution in [2.24, 2.45) is 0 Å². The molecule has 0 aliphatic heterocycles. The number of hydrogen-bond acceptors (Lipinski definition) is 2. The molecule has 0 saturated carbocycles. The molecule has 90 valence electrons. The Labute approximate surface area is 104 Å². The molecule has 0 N–H and O–H groups in total. The van der Waals surface area contributed by atoms with Gasteiger partial charge in [-0.2, -0.15) is 0 Å². The van der Waals surface area contributed by atoms with Crippen molar-refractivity contribution in [1.29, 1.82) is 0 Å². The van der Waals surface area contributed by atoms with Crippen molar-refractivity contribution in [3.05, 3.63) is 34.4 Å². The highest BCUT2D eigenvalue weighted by molar-refractivity contribution is 9.10. The van der Waals surface area contributed by atoms with Crippen molar-refractivity contribution in [3.63, 3.8) is 0 Å². The van der Waals surface area contributed by atoms with Crippen LogP contribution in [0.25, 0.3) is 10.9 Å². The lowest BCUT2D eigenvalue weighted by Crippen LogP contribution is -2.17. The molecule has 0 saturated heterocycles. The van der Waals surface area contributed by atoms with Crippen LogP contribution in [-0.2, 0) is 0 Å². The first kappa shape index (κ1) is 12.2. The van der Waals surface area contributed by atoms with Crippen LogP contribution in [-0.4, -0.2) is 11.3 Å². The number of alkyl halides is 3. The molecule has 2 rings (SSSR count). The third-order valence-electron chi connectivity index (χ3n) is 2.11. The first-order valence-corrected chi connectivity index (χ1v) is 5.48. The second-order valence-corrected chi connectivity index (χ2v) is 4.30. The van der Waals surface area contributed by atoms with Gasteiger partial charge in [0.05, 0.1) is 0 Å². The van der Waals surface area contributed by atoms with Gasteiger partial charge in [0.15, 0.2) is 5.75 Å². The highest BCUT2D eigenvalue weighted by Crippen LogP contribution is 2.32. The molecule has 6 heteroatoms. The highest BCUT2D eigenvalue weighted by Gasteiger charge is 2.32. The molecule has 1 aromatic carbocycles. The summed E-state index contributed by atoms with van der Waals surface area (Å²) in [6.07, 6.45) is -4.72. The topological polar surface area (TPSA) is 22.1 Å². The maximum atomic E-state index is 12.2. The van der Waals surface area contributed by atoms with Crippen molar-refractivity contribution >= 4 is 26.8 Å². The zero-order chi connectivity index (χ0) is 12.6. The predicted molar refractivity (Wildman–Crippen MR) is 60.9 cm³/mol. The Kier molecular flexibility index (Phi) is 2.99. The third-order valence-corrected chi connectivity index (χ3v) is 2.76. The SMILES string of the molecule is Cc1cc(Br)c2cccc(OC(F)(F)F)c2n1. The molecule has 0 atom stereocenters. The molecule has 2 nitrogen and oxygen atoms in total. The van der Waals surface area contributed by atoms with Gasteiger partial charge in [-0.3, -0.25) is 0 Å². The van der Waals surface area contributed by atoms with Gasteiger partial charge in [0.2, 0.25) is 0 Å². The molecule has 0 bridgehead atoms. The van der Waals surface area contributed by atoms with E-state index in [1.807, 2.05) is 0 Å². The Morgan fingerprint density at radius 2 is 2.00 bits per heavy atom. The summed E-state index contributed by atoms with van der Waals surface area (Å²) < 4.78 is 41.3. The van der Waals surface area contributed by atoms with E-state index in [1.54, 1.807) is 19.1 Å². The summed E-state index contributed by atoms with van der Waals surface area (Å²) in [6, 6.07) is 6.15. The molecule has 0 fully saturated rings. The van der Waals surface area contributed by atoms with Gasteiger partial charge in [-0.25, -0.2) is 4.98 Å². The van der Waals surface area contributed by atoms with Gasteiger partial charge in [-0.1, -0.05) is 28.1 Å². The Morgan fingerprint density at radius 3 is 2.65 bits per heavy atom. The van der Waals surface area contributed by atoms with Gasteiger partial charge in [-0.15, -0.1) is 13.2 Å². The van der Waals surface area contributed by atoms with Gasteiger partial charge in [0, 0.05) is 15.6 Å². The number of para-hydroxylation sites is 1. The van der Waals surface area contributed by atoms with Crippen LogP contribution in [0.4, 0.5) is 13.2 Å². The van der Waals surface area contributed by atoms with Gasteiger partial charge >= 0.3 is 6.36 Å². The van der Waals surface area contributed by atoms with Crippen LogP contribution in [0, 0.1) is 6.92 Å². The van der Waals surface area contributed by atoms with E-state index < -0.39 is 6.36 Å². The summed E-state index contributed by atoms with van der Waals surface area (Å²) in [5, 5.41) is 0.581. The monoisotopic (exact) mass is 305 g/mol. The highest BCUT2D eigenvalue weighted by atomic mass is 79.9. The fraction of sp³-hybridized carbons (Fsp3) is 0.182. The largest absolute Gasteiger partial charge is 0.573 e. The summed E-state index contributed by atoms with van der Waals surface area (Å²) >= 11 is 3.28. The molecule has 0 spiro atoms. The predicted octanol–water partition coefficient (Wildman–Crippen LogP) is 4.20. The quantitative estimate of drug-likeness (QED) is 0.787. The van der Waals surface area contributed by atoms with Gasteiger partial charge in [0.25, 0.3) is 0 Å². The molecule has 1 aromatic heterocycles. The Bertz CT molecular complexity index is 568. The van der Waals surface area contributed by atoms with Crippen molar-refractivity contribution in [2.75, 3.05) is 0 Å². The molecule has 2 aromatic rings. The Balaban J connectivity index is 2.64. The number of rotatable bonds is 1. The van der Waals surface area contributed by atoms with E-state index in [0.29, 0.717) is 15.6 Å². The van der Waals surface area contributed by atoms with Crippen molar-refractivity contribution in [1.82, 2.24) is 4.98 Å². The molecular weight excluding hydrogens is 299 g/mol. The number of ether oxygens (including phenoxy) is 1. The molecule has 0 amide bonds. The minimum Gasteiger partial charge on any atom is -0.403 e. The van der Waals surface area contributed by atoms with Gasteiger partial charge in [0.1, 0.15) is 5.52 Å². The van der Waals surface area contributed by atoms with Crippen LogP contribution in [0.1, 0.15) is 5.69 Å². The number of aryl methyl sites for hydroxylation is 1. The van der Waals surface area contributed by atoms with Crippen LogP contribution in [0.15, 0.2) is 28.7 Å². The van der Waals surface area contributed by atoms with Gasteiger partial charge in [-0.05, 0) is 19.1 Å². The fourth-order valence-corrected chi connectivity index (χ4v) is 2.16. The summed E-state index contributed by atoms with van der Waals surface area (Å²) in [5.74, 6) is -0.292. The average Bonchev–Trinajstić information content (AvgIpc) is 2.17. The molecule has 0 aliphatic rings. The molecule has 0 unspecified atom stereocenters. The first-order chi connectivity index (χ1) is 7.87. The van der Waals surface area contributed by atoms with Gasteiger partial charge < -0.3 is 4.74 Å². The average molecular weight is 306 g/mol. The lowest BCUT2D eigenvalue weighted by atomic mass is 10.2. The second-order valence-electron chi connectivity index (χ2n) is 3.45. The first-order valence-electron chi connectivity index (χ1n) is 4.68. The second kappa shape index (κ2) is 4.18. The zero-order valence-electron chi connectivity index (χ0n) is 8.68.